The minimum absolute atomic E-state index is 0.0697. The van der Waals surface area contributed by atoms with Crippen molar-refractivity contribution in [2.75, 3.05) is 13.6 Å². The van der Waals surface area contributed by atoms with Gasteiger partial charge in [-0.25, -0.2) is 4.79 Å². The average molecular weight is 507 g/mol. The number of carbonyl (C=O) groups excluding carboxylic acids is 5. The average Bonchev–Trinajstić information content (AvgIpc) is 2.76. The summed E-state index contributed by atoms with van der Waals surface area (Å²) in [6.45, 7) is 13.4. The Kier molecular flexibility index (Phi) is 12.3. The van der Waals surface area contributed by atoms with E-state index in [0.29, 0.717) is 18.3 Å². The number of carbonyl (C=O) groups is 5. The van der Waals surface area contributed by atoms with Crippen LogP contribution in [0.1, 0.15) is 60.3 Å². The molecule has 0 bridgehead atoms. The molecule has 0 spiro atoms. The maximum absolute atomic E-state index is 13.2. The van der Waals surface area contributed by atoms with E-state index in [2.05, 4.69) is 38.0 Å². The van der Waals surface area contributed by atoms with Gasteiger partial charge in [-0.15, -0.1) is 0 Å². The number of likely N-dealkylation sites (N-methyl/N-ethyl adjacent to an activating group) is 1. The van der Waals surface area contributed by atoms with Crippen molar-refractivity contribution in [2.24, 2.45) is 29.4 Å². The number of nitrogens with one attached hydrogen (secondary N) is 2. The summed E-state index contributed by atoms with van der Waals surface area (Å²) in [6.07, 6.45) is 3.22. The summed E-state index contributed by atoms with van der Waals surface area (Å²) in [5.41, 5.74) is 5.45. The highest BCUT2D eigenvalue weighted by Crippen LogP contribution is 2.27. The molecule has 202 valence electrons. The lowest BCUT2D eigenvalue weighted by atomic mass is 9.83. The van der Waals surface area contributed by atoms with Crippen molar-refractivity contribution in [1.82, 2.24) is 15.5 Å². The van der Waals surface area contributed by atoms with Crippen LogP contribution in [-0.2, 0) is 28.7 Å². The number of ether oxygens (including phenoxy) is 1. The lowest BCUT2D eigenvalue weighted by molar-refractivity contribution is -0.161. The van der Waals surface area contributed by atoms with Crippen LogP contribution in [0.25, 0.3) is 0 Å². The Bertz CT molecular complexity index is 868. The fourth-order valence-electron chi connectivity index (χ4n) is 4.43. The van der Waals surface area contributed by atoms with Crippen molar-refractivity contribution >= 4 is 29.6 Å². The highest BCUT2D eigenvalue weighted by Gasteiger charge is 2.35. The van der Waals surface area contributed by atoms with Gasteiger partial charge in [-0.05, 0) is 43.1 Å². The molecule has 0 saturated carbocycles. The fourth-order valence-corrected chi connectivity index (χ4v) is 4.43. The molecular formula is C26H42N4O6. The van der Waals surface area contributed by atoms with E-state index in [-0.39, 0.29) is 31.0 Å². The first-order valence-electron chi connectivity index (χ1n) is 12.4. The number of amides is 4. The normalized spacial score (nSPS) is 24.4. The Hall–Kier alpha value is -3.17. The van der Waals surface area contributed by atoms with E-state index < -0.39 is 47.7 Å². The van der Waals surface area contributed by atoms with Gasteiger partial charge in [0.2, 0.25) is 23.6 Å². The molecule has 36 heavy (non-hydrogen) atoms. The lowest BCUT2D eigenvalue weighted by Gasteiger charge is -2.32. The van der Waals surface area contributed by atoms with Crippen molar-refractivity contribution in [1.29, 1.82) is 0 Å². The second-order valence-electron chi connectivity index (χ2n) is 10.3. The highest BCUT2D eigenvalue weighted by atomic mass is 16.5. The molecule has 5 unspecified atom stereocenters. The standard InChI is InChI=1S/C26H42N4O6/c1-15(2)12-16(3)13-17(4)24-19(6)25(34)28-18(5)8-11-23(33)30(7)14-22(32)29-20(26(35)36-24)9-10-21(27)31/h8,11,15-17,19-20,24H,5,9-10,12-14H2,1-4,6-7H3,(H2,27,31)(H,28,34)(H,29,32). The molecule has 0 aromatic rings. The molecular weight excluding hydrogens is 464 g/mol. The van der Waals surface area contributed by atoms with Gasteiger partial charge in [0.1, 0.15) is 12.1 Å². The lowest BCUT2D eigenvalue weighted by Crippen LogP contribution is -2.49. The summed E-state index contributed by atoms with van der Waals surface area (Å²) < 4.78 is 5.86. The Morgan fingerprint density at radius 3 is 2.39 bits per heavy atom. The van der Waals surface area contributed by atoms with Gasteiger partial charge in [-0.1, -0.05) is 41.2 Å². The minimum Gasteiger partial charge on any atom is -0.460 e. The first-order valence-corrected chi connectivity index (χ1v) is 12.4. The van der Waals surface area contributed by atoms with Gasteiger partial charge >= 0.3 is 5.97 Å². The molecule has 0 fully saturated rings. The van der Waals surface area contributed by atoms with E-state index >= 15 is 0 Å². The van der Waals surface area contributed by atoms with Gasteiger partial charge in [-0.3, -0.25) is 19.2 Å². The van der Waals surface area contributed by atoms with Gasteiger partial charge in [-0.2, -0.15) is 0 Å². The van der Waals surface area contributed by atoms with Crippen LogP contribution in [0.5, 0.6) is 0 Å². The third-order valence-electron chi connectivity index (χ3n) is 6.13. The quantitative estimate of drug-likeness (QED) is 0.426. The molecule has 10 nitrogen and oxygen atoms in total. The predicted octanol–water partition coefficient (Wildman–Crippen LogP) is 1.65. The number of allylic oxidation sites excluding steroid dienone is 1. The third kappa shape index (κ3) is 10.6. The van der Waals surface area contributed by atoms with E-state index in [1.165, 1.54) is 19.2 Å². The fraction of sp³-hybridized carbons (Fsp3) is 0.654. The number of primary amides is 1. The molecule has 1 heterocycles. The Balaban J connectivity index is 3.33. The predicted molar refractivity (Wildman–Crippen MR) is 136 cm³/mol. The summed E-state index contributed by atoms with van der Waals surface area (Å²) in [6, 6.07) is -1.16. The Labute approximate surface area is 214 Å². The Morgan fingerprint density at radius 2 is 1.81 bits per heavy atom. The van der Waals surface area contributed by atoms with Crippen molar-refractivity contribution in [3.8, 4) is 0 Å². The van der Waals surface area contributed by atoms with Crippen LogP contribution in [0.15, 0.2) is 24.4 Å². The van der Waals surface area contributed by atoms with Crippen LogP contribution >= 0.6 is 0 Å². The number of nitrogens with zero attached hydrogens (tertiary/aromatic N) is 1. The molecule has 4 amide bonds. The van der Waals surface area contributed by atoms with Crippen LogP contribution < -0.4 is 16.4 Å². The monoisotopic (exact) mass is 506 g/mol. The zero-order chi connectivity index (χ0) is 27.6. The molecule has 5 atom stereocenters. The number of nitrogens with two attached hydrogens (primary N) is 1. The summed E-state index contributed by atoms with van der Waals surface area (Å²) >= 11 is 0. The third-order valence-corrected chi connectivity index (χ3v) is 6.13. The summed E-state index contributed by atoms with van der Waals surface area (Å²) in [4.78, 5) is 63.7. The van der Waals surface area contributed by atoms with Crippen LogP contribution in [0.3, 0.4) is 0 Å². The SMILES string of the molecule is C=C1C=CC(=O)N(C)CC(=O)NC(CCC(N)=O)C(=O)OC(C(C)CC(C)CC(C)C)C(C)C(=O)N1. The van der Waals surface area contributed by atoms with Gasteiger partial charge in [0.25, 0.3) is 0 Å². The van der Waals surface area contributed by atoms with E-state index in [1.807, 2.05) is 6.92 Å². The molecule has 0 saturated heterocycles. The van der Waals surface area contributed by atoms with E-state index in [0.717, 1.165) is 11.3 Å². The minimum atomic E-state index is -1.16. The molecule has 1 aliphatic rings. The van der Waals surface area contributed by atoms with E-state index in [1.54, 1.807) is 6.92 Å². The summed E-state index contributed by atoms with van der Waals surface area (Å²) in [5, 5.41) is 5.20. The van der Waals surface area contributed by atoms with Crippen LogP contribution in [-0.4, -0.2) is 60.2 Å². The topological polar surface area (TPSA) is 148 Å². The zero-order valence-electron chi connectivity index (χ0n) is 22.3. The summed E-state index contributed by atoms with van der Waals surface area (Å²) in [5.74, 6) is -3.02. The maximum atomic E-state index is 13.2. The Morgan fingerprint density at radius 1 is 1.17 bits per heavy atom. The van der Waals surface area contributed by atoms with Crippen LogP contribution in [0.4, 0.5) is 0 Å². The molecule has 4 N–H and O–H groups in total. The van der Waals surface area contributed by atoms with Crippen LogP contribution in [0, 0.1) is 23.7 Å². The molecule has 0 radical (unpaired) electrons. The second kappa shape index (κ2) is 14.4. The number of hydrogen-bond donors (Lipinski definition) is 3. The van der Waals surface area contributed by atoms with Gasteiger partial charge < -0.3 is 26.0 Å². The van der Waals surface area contributed by atoms with Crippen LogP contribution in [0.2, 0.25) is 0 Å². The van der Waals surface area contributed by atoms with E-state index in [9.17, 15) is 24.0 Å². The van der Waals surface area contributed by atoms with Gasteiger partial charge in [0.15, 0.2) is 0 Å². The molecule has 0 aromatic heterocycles. The van der Waals surface area contributed by atoms with Crippen molar-refractivity contribution in [3.05, 3.63) is 24.4 Å². The smallest absolute Gasteiger partial charge is 0.328 e. The molecule has 0 aromatic carbocycles. The van der Waals surface area contributed by atoms with Gasteiger partial charge in [0, 0.05) is 25.2 Å². The molecule has 0 aliphatic carbocycles. The zero-order valence-corrected chi connectivity index (χ0v) is 22.3. The van der Waals surface area contributed by atoms with Crippen molar-refractivity contribution in [3.63, 3.8) is 0 Å². The number of cyclic esters (lactones) is 1. The van der Waals surface area contributed by atoms with Gasteiger partial charge in [0.05, 0.1) is 12.5 Å². The molecule has 10 heteroatoms. The van der Waals surface area contributed by atoms with Crippen molar-refractivity contribution < 1.29 is 28.7 Å². The molecule has 1 aliphatic heterocycles. The highest BCUT2D eigenvalue weighted by molar-refractivity contribution is 5.93. The molecule has 1 rings (SSSR count). The number of rotatable bonds is 8. The van der Waals surface area contributed by atoms with E-state index in [4.69, 9.17) is 10.5 Å². The maximum Gasteiger partial charge on any atom is 0.328 e. The number of esters is 1. The summed E-state index contributed by atoms with van der Waals surface area (Å²) in [7, 11) is 1.42. The first kappa shape index (κ1) is 30.9. The first-order chi connectivity index (χ1) is 16.7. The number of hydrogen-bond acceptors (Lipinski definition) is 6. The second-order valence-corrected chi connectivity index (χ2v) is 10.3. The largest absolute Gasteiger partial charge is 0.460 e. The van der Waals surface area contributed by atoms with Crippen molar-refractivity contribution in [2.45, 2.75) is 72.4 Å².